The standard InChI is InChI=1S/C17H26N8/c1-3-4-14(18)12-5-7-24(8-6-12)15-11(2)9-13(10-21-15)25-17(20)22-16(19)23-25/h9-10,12,18H,3-8H2,1-2H3,(H4,19,20,22,23). The van der Waals surface area contributed by atoms with Crippen molar-refractivity contribution in [3.8, 4) is 5.69 Å². The summed E-state index contributed by atoms with van der Waals surface area (Å²) < 4.78 is 1.50. The fourth-order valence-electron chi connectivity index (χ4n) is 3.44. The second-order valence-corrected chi connectivity index (χ2v) is 6.61. The molecule has 0 radical (unpaired) electrons. The topological polar surface area (TPSA) is 123 Å². The van der Waals surface area contributed by atoms with Crippen molar-refractivity contribution in [2.75, 3.05) is 29.5 Å². The summed E-state index contributed by atoms with van der Waals surface area (Å²) in [6.45, 7) is 6.03. The van der Waals surface area contributed by atoms with Crippen LogP contribution in [-0.4, -0.2) is 38.5 Å². The van der Waals surface area contributed by atoms with Crippen LogP contribution < -0.4 is 16.4 Å². The van der Waals surface area contributed by atoms with Gasteiger partial charge in [0.15, 0.2) is 0 Å². The summed E-state index contributed by atoms with van der Waals surface area (Å²) in [5, 5.41) is 12.3. The summed E-state index contributed by atoms with van der Waals surface area (Å²) in [6, 6.07) is 2.00. The van der Waals surface area contributed by atoms with Gasteiger partial charge in [0.1, 0.15) is 5.82 Å². The molecule has 0 spiro atoms. The van der Waals surface area contributed by atoms with Crippen molar-refractivity contribution in [2.45, 2.75) is 39.5 Å². The third kappa shape index (κ3) is 3.57. The predicted octanol–water partition coefficient (Wildman–Crippen LogP) is 2.17. The maximum absolute atomic E-state index is 8.17. The number of hydrogen-bond donors (Lipinski definition) is 3. The fraction of sp³-hybridized carbons (Fsp3) is 0.529. The van der Waals surface area contributed by atoms with Gasteiger partial charge in [0.2, 0.25) is 11.9 Å². The first-order chi connectivity index (χ1) is 12.0. The molecule has 1 aliphatic heterocycles. The Morgan fingerprint density at radius 1 is 1.32 bits per heavy atom. The van der Waals surface area contributed by atoms with Crippen molar-refractivity contribution in [3.05, 3.63) is 17.8 Å². The number of rotatable bonds is 5. The molecule has 2 aromatic heterocycles. The summed E-state index contributed by atoms with van der Waals surface area (Å²) in [5.74, 6) is 1.81. The number of hydrogen-bond acceptors (Lipinski definition) is 7. The number of aryl methyl sites for hydroxylation is 1. The summed E-state index contributed by atoms with van der Waals surface area (Å²) >= 11 is 0. The maximum Gasteiger partial charge on any atom is 0.241 e. The monoisotopic (exact) mass is 342 g/mol. The molecule has 3 heterocycles. The first-order valence-electron chi connectivity index (χ1n) is 8.77. The van der Waals surface area contributed by atoms with Gasteiger partial charge in [-0.05, 0) is 43.7 Å². The number of nitrogens with one attached hydrogen (secondary N) is 1. The molecule has 0 aliphatic carbocycles. The Balaban J connectivity index is 1.72. The number of aromatic nitrogens is 4. The van der Waals surface area contributed by atoms with Gasteiger partial charge >= 0.3 is 0 Å². The van der Waals surface area contributed by atoms with Crippen molar-refractivity contribution >= 4 is 23.4 Å². The number of anilines is 3. The van der Waals surface area contributed by atoms with Gasteiger partial charge < -0.3 is 21.8 Å². The third-order valence-corrected chi connectivity index (χ3v) is 4.74. The number of nitrogen functional groups attached to an aromatic ring is 2. The Hall–Kier alpha value is -2.64. The van der Waals surface area contributed by atoms with Crippen LogP contribution in [0.5, 0.6) is 0 Å². The number of pyridine rings is 1. The fourth-order valence-corrected chi connectivity index (χ4v) is 3.44. The molecule has 5 N–H and O–H groups in total. The van der Waals surface area contributed by atoms with Crippen molar-refractivity contribution in [1.82, 2.24) is 19.7 Å². The summed E-state index contributed by atoms with van der Waals surface area (Å²) in [6.07, 6.45) is 5.76. The molecule has 8 nitrogen and oxygen atoms in total. The lowest BCUT2D eigenvalue weighted by molar-refractivity contribution is 0.491. The lowest BCUT2D eigenvalue weighted by atomic mass is 9.89. The van der Waals surface area contributed by atoms with Gasteiger partial charge in [-0.2, -0.15) is 9.67 Å². The van der Waals surface area contributed by atoms with E-state index in [2.05, 4.69) is 26.9 Å². The van der Waals surface area contributed by atoms with E-state index in [4.69, 9.17) is 16.9 Å². The van der Waals surface area contributed by atoms with Crippen LogP contribution in [0.3, 0.4) is 0 Å². The number of nitrogens with two attached hydrogens (primary N) is 2. The maximum atomic E-state index is 8.17. The molecule has 0 atom stereocenters. The summed E-state index contributed by atoms with van der Waals surface area (Å²) in [4.78, 5) is 10.8. The largest absolute Gasteiger partial charge is 0.368 e. The van der Waals surface area contributed by atoms with Crippen LogP contribution in [0, 0.1) is 18.3 Å². The third-order valence-electron chi connectivity index (χ3n) is 4.74. The molecule has 0 aromatic carbocycles. The van der Waals surface area contributed by atoms with Gasteiger partial charge in [0.25, 0.3) is 0 Å². The smallest absolute Gasteiger partial charge is 0.241 e. The molecule has 134 valence electrons. The van der Waals surface area contributed by atoms with Crippen LogP contribution >= 0.6 is 0 Å². The molecule has 3 rings (SSSR count). The molecule has 25 heavy (non-hydrogen) atoms. The van der Waals surface area contributed by atoms with E-state index in [1.807, 2.05) is 13.0 Å². The van der Waals surface area contributed by atoms with E-state index in [0.717, 1.165) is 61.6 Å². The van der Waals surface area contributed by atoms with Crippen LogP contribution in [0.2, 0.25) is 0 Å². The van der Waals surface area contributed by atoms with Gasteiger partial charge in [0.05, 0.1) is 11.9 Å². The van der Waals surface area contributed by atoms with Crippen molar-refractivity contribution in [2.24, 2.45) is 5.92 Å². The van der Waals surface area contributed by atoms with E-state index in [1.54, 1.807) is 6.20 Å². The zero-order chi connectivity index (χ0) is 18.0. The van der Waals surface area contributed by atoms with Crippen LogP contribution in [-0.2, 0) is 0 Å². The highest BCUT2D eigenvalue weighted by atomic mass is 15.4. The molecule has 1 saturated heterocycles. The minimum absolute atomic E-state index is 0.149. The Morgan fingerprint density at radius 3 is 2.60 bits per heavy atom. The lowest BCUT2D eigenvalue weighted by Gasteiger charge is -2.34. The molecule has 0 amide bonds. The van der Waals surface area contributed by atoms with Gasteiger partial charge in [-0.15, -0.1) is 5.10 Å². The second kappa shape index (κ2) is 7.08. The van der Waals surface area contributed by atoms with Crippen molar-refractivity contribution in [1.29, 1.82) is 5.41 Å². The van der Waals surface area contributed by atoms with E-state index in [0.29, 0.717) is 5.92 Å². The van der Waals surface area contributed by atoms with Gasteiger partial charge in [-0.3, -0.25) is 0 Å². The number of nitrogens with zero attached hydrogens (tertiary/aromatic N) is 5. The van der Waals surface area contributed by atoms with Crippen LogP contribution in [0.15, 0.2) is 12.3 Å². The number of piperidine rings is 1. The molecule has 2 aromatic rings. The highest BCUT2D eigenvalue weighted by molar-refractivity contribution is 5.84. The summed E-state index contributed by atoms with van der Waals surface area (Å²) in [5.41, 5.74) is 14.1. The van der Waals surface area contributed by atoms with E-state index >= 15 is 0 Å². The Morgan fingerprint density at radius 2 is 2.04 bits per heavy atom. The van der Waals surface area contributed by atoms with E-state index in [-0.39, 0.29) is 11.9 Å². The molecule has 8 heteroatoms. The Kier molecular flexibility index (Phi) is 4.87. The molecular formula is C17H26N8. The van der Waals surface area contributed by atoms with Crippen LogP contribution in [0.1, 0.15) is 38.2 Å². The zero-order valence-corrected chi connectivity index (χ0v) is 14.9. The summed E-state index contributed by atoms with van der Waals surface area (Å²) in [7, 11) is 0. The molecule has 1 fully saturated rings. The van der Waals surface area contributed by atoms with E-state index in [9.17, 15) is 0 Å². The Labute approximate surface area is 147 Å². The lowest BCUT2D eigenvalue weighted by Crippen LogP contribution is -2.37. The molecule has 0 bridgehead atoms. The second-order valence-electron chi connectivity index (χ2n) is 6.61. The Bertz CT molecular complexity index is 758. The SMILES string of the molecule is CCCC(=N)C1CCN(c2ncc(-n3nc(N)nc3N)cc2C)CC1. The first-order valence-corrected chi connectivity index (χ1v) is 8.77. The first kappa shape index (κ1) is 17.2. The van der Waals surface area contributed by atoms with Crippen LogP contribution in [0.4, 0.5) is 17.7 Å². The zero-order valence-electron chi connectivity index (χ0n) is 14.9. The highest BCUT2D eigenvalue weighted by Gasteiger charge is 2.24. The minimum atomic E-state index is 0.149. The van der Waals surface area contributed by atoms with Crippen molar-refractivity contribution in [3.63, 3.8) is 0 Å². The van der Waals surface area contributed by atoms with E-state index < -0.39 is 0 Å². The molecule has 1 aliphatic rings. The average molecular weight is 342 g/mol. The quantitative estimate of drug-likeness (QED) is 0.716. The molecule has 0 saturated carbocycles. The highest BCUT2D eigenvalue weighted by Crippen LogP contribution is 2.27. The normalized spacial score (nSPS) is 15.5. The molecular weight excluding hydrogens is 316 g/mol. The molecule has 0 unspecified atom stereocenters. The van der Waals surface area contributed by atoms with E-state index in [1.165, 1.54) is 4.68 Å². The minimum Gasteiger partial charge on any atom is -0.368 e. The van der Waals surface area contributed by atoms with Gasteiger partial charge in [-0.25, -0.2) is 4.98 Å². The van der Waals surface area contributed by atoms with Crippen molar-refractivity contribution < 1.29 is 0 Å². The van der Waals surface area contributed by atoms with Crippen LogP contribution in [0.25, 0.3) is 5.69 Å². The predicted molar refractivity (Wildman–Crippen MR) is 100 cm³/mol. The average Bonchev–Trinajstić information content (AvgIpc) is 2.93. The van der Waals surface area contributed by atoms with Gasteiger partial charge in [0, 0.05) is 18.8 Å². The van der Waals surface area contributed by atoms with Gasteiger partial charge in [-0.1, -0.05) is 13.3 Å².